The average molecular weight is 142 g/mol. The van der Waals surface area contributed by atoms with E-state index in [-0.39, 0.29) is 0 Å². The Hall–Kier alpha value is -1.21. The molecular weight excluding hydrogens is 132 g/mol. The first-order valence-electron chi connectivity index (χ1n) is 2.86. The molecule has 0 amide bonds. The van der Waals surface area contributed by atoms with E-state index >= 15 is 0 Å². The van der Waals surface area contributed by atoms with Crippen LogP contribution in [0.3, 0.4) is 0 Å². The molecule has 0 aromatic heterocycles. The Morgan fingerprint density at radius 2 is 2.50 bits per heavy atom. The molecule has 0 saturated carbocycles. The van der Waals surface area contributed by atoms with Gasteiger partial charge in [0.15, 0.2) is 0 Å². The molecule has 0 fully saturated rings. The van der Waals surface area contributed by atoms with Crippen LogP contribution in [-0.4, -0.2) is 19.9 Å². The minimum atomic E-state index is -0.655. The predicted octanol–water partition coefficient (Wildman–Crippen LogP) is 1.50. The summed E-state index contributed by atoms with van der Waals surface area (Å²) in [6.45, 7) is 3.66. The molecule has 0 N–H and O–H groups in total. The Morgan fingerprint density at radius 3 is 3.00 bits per heavy atom. The van der Waals surface area contributed by atoms with Crippen molar-refractivity contribution in [3.05, 3.63) is 18.4 Å². The third kappa shape index (κ3) is 4.94. The van der Waals surface area contributed by atoms with Crippen molar-refractivity contribution in [3.8, 4) is 0 Å². The molecule has 0 aliphatic heterocycles. The summed E-state index contributed by atoms with van der Waals surface area (Å²) in [5, 5.41) is 0. The number of hydrogen-bond donors (Lipinski definition) is 0. The monoisotopic (exact) mass is 142 g/mol. The molecule has 0 aliphatic carbocycles. The van der Waals surface area contributed by atoms with Gasteiger partial charge in [0.2, 0.25) is 0 Å². The predicted molar refractivity (Wildman–Crippen MR) is 36.7 cm³/mol. The zero-order valence-corrected chi connectivity index (χ0v) is 5.92. The highest BCUT2D eigenvalue weighted by Crippen LogP contribution is 1.86. The van der Waals surface area contributed by atoms with Gasteiger partial charge < -0.3 is 9.47 Å². The first kappa shape index (κ1) is 8.79. The molecule has 0 saturated heterocycles. The van der Waals surface area contributed by atoms with Gasteiger partial charge in [-0.3, -0.25) is 0 Å². The van der Waals surface area contributed by atoms with Gasteiger partial charge in [-0.05, 0) is 6.08 Å². The first-order valence-corrected chi connectivity index (χ1v) is 2.86. The molecule has 0 spiro atoms. The van der Waals surface area contributed by atoms with Gasteiger partial charge in [-0.2, -0.15) is 0 Å². The van der Waals surface area contributed by atoms with E-state index in [1.165, 1.54) is 7.11 Å². The fraction of sp³-hybridized carbons (Fsp3) is 0.429. The lowest BCUT2D eigenvalue weighted by molar-refractivity contribution is 0.0742. The van der Waals surface area contributed by atoms with Gasteiger partial charge in [-0.25, -0.2) is 4.79 Å². The summed E-state index contributed by atoms with van der Waals surface area (Å²) in [7, 11) is 1.27. The van der Waals surface area contributed by atoms with Crippen LogP contribution in [0.1, 0.15) is 6.42 Å². The van der Waals surface area contributed by atoms with Gasteiger partial charge in [0, 0.05) is 6.42 Å². The molecule has 0 aromatic rings. The van der Waals surface area contributed by atoms with Crippen LogP contribution < -0.4 is 0 Å². The molecule has 56 valence electrons. The average Bonchev–Trinajstić information content (AvgIpc) is 1.98. The summed E-state index contributed by atoms with van der Waals surface area (Å²) in [6.07, 6.45) is 1.65. The van der Waals surface area contributed by atoms with Gasteiger partial charge >= 0.3 is 6.16 Å². The zero-order chi connectivity index (χ0) is 7.82. The highest BCUT2D eigenvalue weighted by molar-refractivity contribution is 5.59. The maximum atomic E-state index is 10.3. The molecule has 0 unspecified atom stereocenters. The van der Waals surface area contributed by atoms with Crippen molar-refractivity contribution < 1.29 is 14.3 Å². The molecule has 0 aromatic carbocycles. The van der Waals surface area contributed by atoms with Gasteiger partial charge in [-0.1, -0.05) is 6.58 Å². The number of rotatable bonds is 3. The lowest BCUT2D eigenvalue weighted by Crippen LogP contribution is -2.04. The van der Waals surface area contributed by atoms with Crippen LogP contribution in [0.5, 0.6) is 0 Å². The van der Waals surface area contributed by atoms with Crippen molar-refractivity contribution in [3.63, 3.8) is 0 Å². The number of hydrogen-bond acceptors (Lipinski definition) is 3. The fourth-order valence-corrected chi connectivity index (χ4v) is 0.362. The number of carbonyl (C=O) groups is 1. The van der Waals surface area contributed by atoms with Crippen molar-refractivity contribution in [2.75, 3.05) is 13.7 Å². The maximum absolute atomic E-state index is 10.3. The number of methoxy groups -OCH3 is 1. The molecule has 0 bridgehead atoms. The standard InChI is InChI=1S/C7H10O3/c1-3-4-5-6-10-7(8)9-2/h4H,1,5-6H2,2H3. The van der Waals surface area contributed by atoms with E-state index in [1.807, 2.05) is 0 Å². The fourth-order valence-electron chi connectivity index (χ4n) is 0.362. The topological polar surface area (TPSA) is 35.5 Å². The highest BCUT2D eigenvalue weighted by atomic mass is 16.7. The lowest BCUT2D eigenvalue weighted by Gasteiger charge is -1.98. The van der Waals surface area contributed by atoms with Gasteiger partial charge in [0.05, 0.1) is 13.7 Å². The van der Waals surface area contributed by atoms with Crippen LogP contribution >= 0.6 is 0 Å². The third-order valence-corrected chi connectivity index (χ3v) is 0.793. The minimum absolute atomic E-state index is 0.315. The van der Waals surface area contributed by atoms with Crippen molar-refractivity contribution in [2.45, 2.75) is 6.42 Å². The van der Waals surface area contributed by atoms with E-state index < -0.39 is 6.16 Å². The summed E-state index contributed by atoms with van der Waals surface area (Å²) in [4.78, 5) is 10.3. The van der Waals surface area contributed by atoms with Crippen LogP contribution in [0.15, 0.2) is 18.4 Å². The quantitative estimate of drug-likeness (QED) is 0.340. The van der Waals surface area contributed by atoms with Gasteiger partial charge in [-0.15, -0.1) is 5.73 Å². The molecule has 3 heteroatoms. The number of ether oxygens (including phenoxy) is 2. The van der Waals surface area contributed by atoms with E-state index in [0.717, 1.165) is 0 Å². The summed E-state index contributed by atoms with van der Waals surface area (Å²) in [6, 6.07) is 0. The Balaban J connectivity index is 3.19. The Morgan fingerprint density at radius 1 is 1.80 bits per heavy atom. The van der Waals surface area contributed by atoms with Crippen molar-refractivity contribution in [2.24, 2.45) is 0 Å². The lowest BCUT2D eigenvalue weighted by atomic mass is 10.4. The van der Waals surface area contributed by atoms with E-state index in [4.69, 9.17) is 0 Å². The normalized spacial score (nSPS) is 7.70. The molecule has 0 heterocycles. The molecule has 0 radical (unpaired) electrons. The van der Waals surface area contributed by atoms with Crippen LogP contribution in [-0.2, 0) is 9.47 Å². The maximum Gasteiger partial charge on any atom is 0.507 e. The van der Waals surface area contributed by atoms with Gasteiger partial charge in [0.25, 0.3) is 0 Å². The summed E-state index contributed by atoms with van der Waals surface area (Å²) >= 11 is 0. The molecule has 10 heavy (non-hydrogen) atoms. The Kier molecular flexibility index (Phi) is 5.20. The van der Waals surface area contributed by atoms with E-state index in [0.29, 0.717) is 13.0 Å². The Bertz CT molecular complexity index is 145. The van der Waals surface area contributed by atoms with E-state index in [9.17, 15) is 4.79 Å². The second-order valence-electron chi connectivity index (χ2n) is 1.50. The SMILES string of the molecule is C=C=CCCOC(=O)OC. The third-order valence-electron chi connectivity index (χ3n) is 0.793. The van der Waals surface area contributed by atoms with Crippen LogP contribution in [0.4, 0.5) is 4.79 Å². The minimum Gasteiger partial charge on any atom is -0.438 e. The Labute approximate surface area is 59.9 Å². The summed E-state index contributed by atoms with van der Waals surface area (Å²) in [5.74, 6) is 0. The first-order chi connectivity index (χ1) is 4.81. The largest absolute Gasteiger partial charge is 0.507 e. The number of carbonyl (C=O) groups excluding carboxylic acids is 1. The van der Waals surface area contributed by atoms with E-state index in [2.05, 4.69) is 21.8 Å². The van der Waals surface area contributed by atoms with Crippen LogP contribution in [0.25, 0.3) is 0 Å². The zero-order valence-electron chi connectivity index (χ0n) is 5.92. The smallest absolute Gasteiger partial charge is 0.438 e. The van der Waals surface area contributed by atoms with Crippen molar-refractivity contribution in [1.29, 1.82) is 0 Å². The van der Waals surface area contributed by atoms with Gasteiger partial charge in [0.1, 0.15) is 0 Å². The second kappa shape index (κ2) is 5.92. The molecule has 0 atom stereocenters. The second-order valence-corrected chi connectivity index (χ2v) is 1.50. The highest BCUT2D eigenvalue weighted by Gasteiger charge is 1.95. The van der Waals surface area contributed by atoms with Crippen molar-refractivity contribution in [1.82, 2.24) is 0 Å². The molecule has 3 nitrogen and oxygen atoms in total. The van der Waals surface area contributed by atoms with Crippen LogP contribution in [0.2, 0.25) is 0 Å². The summed E-state index contributed by atoms with van der Waals surface area (Å²) < 4.78 is 8.75. The van der Waals surface area contributed by atoms with E-state index in [1.54, 1.807) is 6.08 Å². The molecule has 0 rings (SSSR count). The van der Waals surface area contributed by atoms with Crippen molar-refractivity contribution >= 4 is 6.16 Å². The molecular formula is C7H10O3. The summed E-state index contributed by atoms with van der Waals surface area (Å²) in [5.41, 5.74) is 2.55. The van der Waals surface area contributed by atoms with Crippen LogP contribution in [0, 0.1) is 0 Å². The molecule has 0 aliphatic rings.